The van der Waals surface area contributed by atoms with Crippen LogP contribution < -0.4 is 16.2 Å². The van der Waals surface area contributed by atoms with Gasteiger partial charge in [0.15, 0.2) is 5.82 Å². The van der Waals surface area contributed by atoms with E-state index in [1.165, 1.54) is 0 Å². The Kier molecular flexibility index (Phi) is 2.98. The average molecular weight is 225 g/mol. The van der Waals surface area contributed by atoms with Gasteiger partial charge in [-0.15, -0.1) is 13.2 Å². The molecule has 0 atom stereocenters. The van der Waals surface area contributed by atoms with Crippen molar-refractivity contribution in [2.24, 2.45) is 5.73 Å². The molecule has 0 aliphatic carbocycles. The van der Waals surface area contributed by atoms with E-state index in [4.69, 9.17) is 11.5 Å². The lowest BCUT2D eigenvalue weighted by molar-refractivity contribution is -0.277. The Morgan fingerprint density at radius 3 is 2.47 bits per heavy atom. The van der Waals surface area contributed by atoms with Crippen molar-refractivity contribution >= 4 is 5.69 Å². The number of rotatable bonds is 2. The van der Waals surface area contributed by atoms with Gasteiger partial charge in [-0.2, -0.15) is 0 Å². The van der Waals surface area contributed by atoms with Gasteiger partial charge in [-0.1, -0.05) is 0 Å². The van der Waals surface area contributed by atoms with Crippen molar-refractivity contribution in [1.29, 1.82) is 0 Å². The van der Waals surface area contributed by atoms with Gasteiger partial charge in [0.2, 0.25) is 0 Å². The summed E-state index contributed by atoms with van der Waals surface area (Å²) in [6.45, 7) is -0.339. The fraction of sp³-hybridized carbons (Fsp3) is 0.286. The highest BCUT2D eigenvalue weighted by atomic mass is 19.4. The Labute approximate surface area is 81.8 Å². The van der Waals surface area contributed by atoms with Crippen molar-refractivity contribution in [2.75, 3.05) is 5.73 Å². The SMILES string of the molecule is NCc1c(N)cnc(OC(F)(F)F)c1F. The highest BCUT2D eigenvalue weighted by Crippen LogP contribution is 2.27. The zero-order valence-electron chi connectivity index (χ0n) is 7.31. The Bertz CT molecular complexity index is 366. The quantitative estimate of drug-likeness (QED) is 0.740. The number of halogens is 4. The molecule has 0 radical (unpaired) electrons. The maximum absolute atomic E-state index is 13.2. The number of nitrogens with zero attached hydrogens (tertiary/aromatic N) is 1. The Morgan fingerprint density at radius 1 is 1.40 bits per heavy atom. The van der Waals surface area contributed by atoms with Crippen molar-refractivity contribution in [3.63, 3.8) is 0 Å². The van der Waals surface area contributed by atoms with Gasteiger partial charge in [-0.25, -0.2) is 9.37 Å². The van der Waals surface area contributed by atoms with Gasteiger partial charge in [0, 0.05) is 12.1 Å². The number of ether oxygens (including phenoxy) is 1. The number of nitrogens with two attached hydrogens (primary N) is 2. The van der Waals surface area contributed by atoms with Crippen LogP contribution in [0.5, 0.6) is 5.88 Å². The van der Waals surface area contributed by atoms with E-state index in [0.717, 1.165) is 6.20 Å². The standard InChI is InChI=1S/C7H7F4N3O/c8-5-3(1-12)4(13)2-14-6(5)15-7(9,10)11/h2H,1,12-13H2. The number of hydrogen-bond donors (Lipinski definition) is 2. The first kappa shape index (κ1) is 11.5. The van der Waals surface area contributed by atoms with E-state index in [-0.39, 0.29) is 17.8 Å². The molecule has 0 saturated heterocycles. The minimum Gasteiger partial charge on any atom is -0.397 e. The van der Waals surface area contributed by atoms with Crippen LogP contribution in [0.1, 0.15) is 5.56 Å². The molecule has 0 saturated carbocycles. The number of aromatic nitrogens is 1. The molecule has 0 unspecified atom stereocenters. The molecule has 0 spiro atoms. The van der Waals surface area contributed by atoms with E-state index < -0.39 is 18.1 Å². The highest BCUT2D eigenvalue weighted by Gasteiger charge is 2.33. The molecule has 1 heterocycles. The van der Waals surface area contributed by atoms with Gasteiger partial charge < -0.3 is 16.2 Å². The van der Waals surface area contributed by atoms with Gasteiger partial charge >= 0.3 is 6.36 Å². The van der Waals surface area contributed by atoms with E-state index in [9.17, 15) is 17.6 Å². The van der Waals surface area contributed by atoms with E-state index in [1.807, 2.05) is 0 Å². The molecule has 0 aliphatic heterocycles. The highest BCUT2D eigenvalue weighted by molar-refractivity contribution is 5.47. The normalized spacial score (nSPS) is 11.5. The molecule has 0 amide bonds. The van der Waals surface area contributed by atoms with Crippen LogP contribution in [0, 0.1) is 5.82 Å². The fourth-order valence-electron chi connectivity index (χ4n) is 0.907. The molecule has 4 N–H and O–H groups in total. The second-order valence-electron chi connectivity index (χ2n) is 2.56. The maximum atomic E-state index is 13.2. The molecule has 0 aliphatic rings. The zero-order chi connectivity index (χ0) is 11.6. The van der Waals surface area contributed by atoms with Gasteiger partial charge in [0.1, 0.15) is 0 Å². The van der Waals surface area contributed by atoms with Crippen molar-refractivity contribution in [3.05, 3.63) is 17.6 Å². The summed E-state index contributed by atoms with van der Waals surface area (Å²) in [5.41, 5.74) is 9.96. The molecule has 84 valence electrons. The average Bonchev–Trinajstić information content (AvgIpc) is 2.09. The van der Waals surface area contributed by atoms with Crippen LogP contribution in [0.2, 0.25) is 0 Å². The minimum absolute atomic E-state index is 0.121. The van der Waals surface area contributed by atoms with Crippen molar-refractivity contribution in [2.45, 2.75) is 12.9 Å². The summed E-state index contributed by atoms with van der Waals surface area (Å²) >= 11 is 0. The number of nitrogen functional groups attached to an aromatic ring is 1. The second-order valence-corrected chi connectivity index (χ2v) is 2.56. The molecule has 1 aromatic rings. The lowest BCUT2D eigenvalue weighted by Gasteiger charge is -2.11. The maximum Gasteiger partial charge on any atom is 0.574 e. The first-order valence-electron chi connectivity index (χ1n) is 3.74. The Morgan fingerprint density at radius 2 is 2.00 bits per heavy atom. The van der Waals surface area contributed by atoms with Gasteiger partial charge in [-0.3, -0.25) is 0 Å². The third kappa shape index (κ3) is 2.69. The largest absolute Gasteiger partial charge is 0.574 e. The monoisotopic (exact) mass is 225 g/mol. The summed E-state index contributed by atoms with van der Waals surface area (Å²) in [6, 6.07) is 0. The van der Waals surface area contributed by atoms with Gasteiger partial charge in [-0.05, 0) is 0 Å². The smallest absolute Gasteiger partial charge is 0.397 e. The lowest BCUT2D eigenvalue weighted by atomic mass is 10.2. The molecular formula is C7H7F4N3O. The zero-order valence-corrected chi connectivity index (χ0v) is 7.31. The van der Waals surface area contributed by atoms with Crippen LogP contribution in [-0.2, 0) is 6.54 Å². The molecule has 0 fully saturated rings. The predicted molar refractivity (Wildman–Crippen MR) is 43.2 cm³/mol. The number of pyridine rings is 1. The number of alkyl halides is 3. The first-order valence-corrected chi connectivity index (χ1v) is 3.74. The van der Waals surface area contributed by atoms with Crippen LogP contribution in [0.4, 0.5) is 23.2 Å². The summed E-state index contributed by atoms with van der Waals surface area (Å²) in [5, 5.41) is 0. The molecular weight excluding hydrogens is 218 g/mol. The fourth-order valence-corrected chi connectivity index (χ4v) is 0.907. The predicted octanol–water partition coefficient (Wildman–Crippen LogP) is 1.16. The summed E-state index contributed by atoms with van der Waals surface area (Å²) in [7, 11) is 0. The number of hydrogen-bond acceptors (Lipinski definition) is 4. The van der Waals surface area contributed by atoms with Crippen LogP contribution >= 0.6 is 0 Å². The molecule has 4 nitrogen and oxygen atoms in total. The van der Waals surface area contributed by atoms with E-state index in [0.29, 0.717) is 0 Å². The van der Waals surface area contributed by atoms with Crippen molar-refractivity contribution in [3.8, 4) is 5.88 Å². The van der Waals surface area contributed by atoms with Crippen LogP contribution in [0.25, 0.3) is 0 Å². The Hall–Kier alpha value is -1.57. The molecule has 8 heteroatoms. The first-order chi connectivity index (χ1) is 6.85. The third-order valence-corrected chi connectivity index (χ3v) is 1.54. The molecule has 1 rings (SSSR count). The molecule has 15 heavy (non-hydrogen) atoms. The van der Waals surface area contributed by atoms with Crippen molar-refractivity contribution in [1.82, 2.24) is 4.98 Å². The summed E-state index contributed by atoms with van der Waals surface area (Å²) in [4.78, 5) is 3.07. The van der Waals surface area contributed by atoms with E-state index in [2.05, 4.69) is 9.72 Å². The van der Waals surface area contributed by atoms with Crippen LogP contribution in [0.15, 0.2) is 6.20 Å². The molecule has 0 aromatic carbocycles. The minimum atomic E-state index is -5.00. The summed E-state index contributed by atoms with van der Waals surface area (Å²) in [6.07, 6.45) is -4.15. The summed E-state index contributed by atoms with van der Waals surface area (Å²) < 4.78 is 51.8. The number of anilines is 1. The Balaban J connectivity index is 3.11. The van der Waals surface area contributed by atoms with Gasteiger partial charge in [0.25, 0.3) is 5.88 Å². The van der Waals surface area contributed by atoms with E-state index >= 15 is 0 Å². The summed E-state index contributed by atoms with van der Waals surface area (Å²) in [5.74, 6) is -2.48. The molecule has 1 aromatic heterocycles. The second kappa shape index (κ2) is 3.89. The lowest BCUT2D eigenvalue weighted by Crippen LogP contribution is -2.20. The van der Waals surface area contributed by atoms with Crippen LogP contribution in [-0.4, -0.2) is 11.3 Å². The van der Waals surface area contributed by atoms with Gasteiger partial charge in [0.05, 0.1) is 11.9 Å². The topological polar surface area (TPSA) is 74.2 Å². The van der Waals surface area contributed by atoms with Crippen LogP contribution in [0.3, 0.4) is 0 Å². The van der Waals surface area contributed by atoms with E-state index in [1.54, 1.807) is 0 Å². The van der Waals surface area contributed by atoms with Crippen molar-refractivity contribution < 1.29 is 22.3 Å². The molecule has 0 bridgehead atoms. The third-order valence-electron chi connectivity index (χ3n) is 1.54.